The van der Waals surface area contributed by atoms with Crippen molar-refractivity contribution in [3.05, 3.63) is 29.3 Å². The van der Waals surface area contributed by atoms with Gasteiger partial charge in [0.1, 0.15) is 12.0 Å². The normalized spacial score (nSPS) is 12.7. The summed E-state index contributed by atoms with van der Waals surface area (Å²) in [6, 6.07) is 5.35. The van der Waals surface area contributed by atoms with Crippen molar-refractivity contribution in [2.24, 2.45) is 5.73 Å². The third kappa shape index (κ3) is 1.75. The Balaban J connectivity index is 3.02. The van der Waals surface area contributed by atoms with Gasteiger partial charge in [0.15, 0.2) is 0 Å². The van der Waals surface area contributed by atoms with Crippen molar-refractivity contribution < 1.29 is 9.84 Å². The second-order valence-electron chi connectivity index (χ2n) is 2.67. The highest BCUT2D eigenvalue weighted by Crippen LogP contribution is 2.20. The summed E-state index contributed by atoms with van der Waals surface area (Å²) < 4.78 is 5.06. The van der Waals surface area contributed by atoms with E-state index in [1.807, 2.05) is 13.0 Å². The van der Waals surface area contributed by atoms with E-state index in [2.05, 4.69) is 0 Å². The molecule has 1 unspecified atom stereocenters. The van der Waals surface area contributed by atoms with Crippen molar-refractivity contribution >= 4 is 0 Å². The van der Waals surface area contributed by atoms with Gasteiger partial charge in [0, 0.05) is 0 Å². The SMILES string of the molecule is COc1ccc(C(N)O)cc1C. The molecule has 0 aliphatic rings. The minimum absolute atomic E-state index is 0.702. The first-order valence-corrected chi connectivity index (χ1v) is 3.73. The molecule has 1 rings (SSSR count). The summed E-state index contributed by atoms with van der Waals surface area (Å²) in [4.78, 5) is 0. The second kappa shape index (κ2) is 3.56. The lowest BCUT2D eigenvalue weighted by molar-refractivity contribution is 0.186. The summed E-state index contributed by atoms with van der Waals surface area (Å²) in [6.45, 7) is 1.91. The molecule has 3 N–H and O–H groups in total. The zero-order valence-electron chi connectivity index (χ0n) is 7.24. The zero-order chi connectivity index (χ0) is 9.14. The fourth-order valence-electron chi connectivity index (χ4n) is 1.09. The van der Waals surface area contributed by atoms with Crippen LogP contribution in [-0.2, 0) is 0 Å². The first kappa shape index (κ1) is 9.03. The van der Waals surface area contributed by atoms with Crippen LogP contribution in [0.1, 0.15) is 17.4 Å². The highest BCUT2D eigenvalue weighted by Gasteiger charge is 2.03. The van der Waals surface area contributed by atoms with Crippen LogP contribution in [0.3, 0.4) is 0 Å². The largest absolute Gasteiger partial charge is 0.496 e. The van der Waals surface area contributed by atoms with Crippen molar-refractivity contribution in [1.82, 2.24) is 0 Å². The molecule has 66 valence electrons. The van der Waals surface area contributed by atoms with Crippen LogP contribution in [-0.4, -0.2) is 12.2 Å². The van der Waals surface area contributed by atoms with Gasteiger partial charge in [0.25, 0.3) is 0 Å². The van der Waals surface area contributed by atoms with E-state index in [0.29, 0.717) is 5.56 Å². The van der Waals surface area contributed by atoms with Gasteiger partial charge < -0.3 is 15.6 Å². The van der Waals surface area contributed by atoms with Crippen LogP contribution in [0, 0.1) is 6.92 Å². The van der Waals surface area contributed by atoms with Gasteiger partial charge >= 0.3 is 0 Å². The summed E-state index contributed by atoms with van der Waals surface area (Å²) in [7, 11) is 1.61. The number of aliphatic hydroxyl groups excluding tert-OH is 1. The molecular weight excluding hydrogens is 154 g/mol. The highest BCUT2D eigenvalue weighted by molar-refractivity contribution is 5.36. The minimum atomic E-state index is -0.908. The van der Waals surface area contributed by atoms with E-state index in [-0.39, 0.29) is 0 Å². The molecule has 0 radical (unpaired) electrons. The van der Waals surface area contributed by atoms with Crippen molar-refractivity contribution in [3.63, 3.8) is 0 Å². The molecule has 0 heterocycles. The van der Waals surface area contributed by atoms with E-state index in [1.165, 1.54) is 0 Å². The molecule has 0 aromatic heterocycles. The van der Waals surface area contributed by atoms with Crippen LogP contribution in [0.15, 0.2) is 18.2 Å². The summed E-state index contributed by atoms with van der Waals surface area (Å²) in [5, 5.41) is 9.05. The number of aliphatic hydroxyl groups is 1. The van der Waals surface area contributed by atoms with E-state index in [4.69, 9.17) is 15.6 Å². The molecule has 1 atom stereocenters. The van der Waals surface area contributed by atoms with Crippen molar-refractivity contribution in [2.45, 2.75) is 13.2 Å². The lowest BCUT2D eigenvalue weighted by Gasteiger charge is -2.08. The fraction of sp³-hybridized carbons (Fsp3) is 0.333. The van der Waals surface area contributed by atoms with Crippen LogP contribution in [0.4, 0.5) is 0 Å². The lowest BCUT2D eigenvalue weighted by Crippen LogP contribution is -2.08. The summed E-state index contributed by atoms with van der Waals surface area (Å²) in [5.74, 6) is 0.805. The highest BCUT2D eigenvalue weighted by atomic mass is 16.5. The van der Waals surface area contributed by atoms with Crippen molar-refractivity contribution in [2.75, 3.05) is 7.11 Å². The monoisotopic (exact) mass is 167 g/mol. The number of rotatable bonds is 2. The minimum Gasteiger partial charge on any atom is -0.496 e. The molecular formula is C9H13NO2. The molecule has 0 bridgehead atoms. The number of ether oxygens (including phenoxy) is 1. The smallest absolute Gasteiger partial charge is 0.128 e. The quantitative estimate of drug-likeness (QED) is 0.645. The van der Waals surface area contributed by atoms with Gasteiger partial charge in [-0.25, -0.2) is 0 Å². The standard InChI is InChI=1S/C9H13NO2/c1-6-5-7(9(10)11)3-4-8(6)12-2/h3-5,9,11H,10H2,1-2H3. The number of benzene rings is 1. The predicted octanol–water partition coefficient (Wildman–Crippen LogP) is 0.953. The van der Waals surface area contributed by atoms with Gasteiger partial charge in [0.05, 0.1) is 7.11 Å². The fourth-order valence-corrected chi connectivity index (χ4v) is 1.09. The first-order valence-electron chi connectivity index (χ1n) is 3.73. The Kier molecular flexibility index (Phi) is 2.68. The van der Waals surface area contributed by atoms with Gasteiger partial charge in [-0.2, -0.15) is 0 Å². The summed E-state index contributed by atoms with van der Waals surface area (Å²) in [6.07, 6.45) is -0.908. The number of aryl methyl sites for hydroxylation is 1. The number of hydrogen-bond acceptors (Lipinski definition) is 3. The van der Waals surface area contributed by atoms with Crippen LogP contribution in [0.2, 0.25) is 0 Å². The van der Waals surface area contributed by atoms with E-state index in [9.17, 15) is 0 Å². The number of nitrogens with two attached hydrogens (primary N) is 1. The maximum absolute atomic E-state index is 9.05. The molecule has 0 saturated heterocycles. The van der Waals surface area contributed by atoms with Crippen molar-refractivity contribution in [1.29, 1.82) is 0 Å². The van der Waals surface area contributed by atoms with E-state index < -0.39 is 6.23 Å². The zero-order valence-corrected chi connectivity index (χ0v) is 7.24. The Hall–Kier alpha value is -1.06. The molecule has 0 spiro atoms. The third-order valence-electron chi connectivity index (χ3n) is 1.76. The Morgan fingerprint density at radius 2 is 2.17 bits per heavy atom. The van der Waals surface area contributed by atoms with Crippen molar-refractivity contribution in [3.8, 4) is 5.75 Å². The number of hydrogen-bond donors (Lipinski definition) is 2. The Morgan fingerprint density at radius 1 is 1.50 bits per heavy atom. The van der Waals surface area contributed by atoms with Crippen LogP contribution >= 0.6 is 0 Å². The Bertz CT molecular complexity index is 271. The van der Waals surface area contributed by atoms with Gasteiger partial charge in [-0.3, -0.25) is 0 Å². The topological polar surface area (TPSA) is 55.5 Å². The predicted molar refractivity (Wildman–Crippen MR) is 46.9 cm³/mol. The molecule has 0 aliphatic carbocycles. The average Bonchev–Trinajstić information content (AvgIpc) is 2.04. The van der Waals surface area contributed by atoms with Gasteiger partial charge in [-0.15, -0.1) is 0 Å². The lowest BCUT2D eigenvalue weighted by atomic mass is 10.1. The van der Waals surface area contributed by atoms with Crippen LogP contribution in [0.5, 0.6) is 5.75 Å². The molecule has 0 fully saturated rings. The molecule has 0 amide bonds. The Labute approximate surface area is 71.8 Å². The summed E-state index contributed by atoms with van der Waals surface area (Å²) in [5.41, 5.74) is 6.96. The molecule has 3 heteroatoms. The number of methoxy groups -OCH3 is 1. The van der Waals surface area contributed by atoms with Gasteiger partial charge in [-0.1, -0.05) is 6.07 Å². The van der Waals surface area contributed by atoms with Crippen LogP contribution in [0.25, 0.3) is 0 Å². The first-order chi connectivity index (χ1) is 5.65. The van der Waals surface area contributed by atoms with E-state index in [0.717, 1.165) is 11.3 Å². The maximum Gasteiger partial charge on any atom is 0.128 e. The molecule has 0 saturated carbocycles. The van der Waals surface area contributed by atoms with Gasteiger partial charge in [-0.05, 0) is 30.2 Å². The van der Waals surface area contributed by atoms with Crippen LogP contribution < -0.4 is 10.5 Å². The Morgan fingerprint density at radius 3 is 2.58 bits per heavy atom. The molecule has 12 heavy (non-hydrogen) atoms. The third-order valence-corrected chi connectivity index (χ3v) is 1.76. The molecule has 1 aromatic carbocycles. The van der Waals surface area contributed by atoms with E-state index in [1.54, 1.807) is 19.2 Å². The second-order valence-corrected chi connectivity index (χ2v) is 2.67. The molecule has 0 aliphatic heterocycles. The molecule has 1 aromatic rings. The van der Waals surface area contributed by atoms with E-state index >= 15 is 0 Å². The average molecular weight is 167 g/mol. The maximum atomic E-state index is 9.05. The molecule has 3 nitrogen and oxygen atoms in total. The summed E-state index contributed by atoms with van der Waals surface area (Å²) >= 11 is 0. The van der Waals surface area contributed by atoms with Gasteiger partial charge in [0.2, 0.25) is 0 Å².